The van der Waals surface area contributed by atoms with Gasteiger partial charge in [0.15, 0.2) is 0 Å². The highest BCUT2D eigenvalue weighted by Crippen LogP contribution is 2.29. The predicted octanol–water partition coefficient (Wildman–Crippen LogP) is 2.11. The monoisotopic (exact) mass is 210 g/mol. The lowest BCUT2D eigenvalue weighted by Gasteiger charge is -2.40. The van der Waals surface area contributed by atoms with E-state index in [9.17, 15) is 0 Å². The third-order valence-corrected chi connectivity index (χ3v) is 4.22. The third-order valence-electron chi connectivity index (χ3n) is 4.22. The van der Waals surface area contributed by atoms with E-state index in [0.717, 1.165) is 17.9 Å². The fraction of sp³-hybridized carbons (Fsp3) is 1.00. The Morgan fingerprint density at radius 2 is 2.07 bits per heavy atom. The fourth-order valence-corrected chi connectivity index (χ4v) is 3.13. The maximum absolute atomic E-state index is 3.38. The van der Waals surface area contributed by atoms with Gasteiger partial charge in [0.2, 0.25) is 0 Å². The maximum Gasteiger partial charge on any atom is 0.0345 e. The lowest BCUT2D eigenvalue weighted by atomic mass is 9.82. The lowest BCUT2D eigenvalue weighted by Crippen LogP contribution is -2.58. The Morgan fingerprint density at radius 3 is 2.60 bits per heavy atom. The smallest absolute Gasteiger partial charge is 0.0345 e. The summed E-state index contributed by atoms with van der Waals surface area (Å²) in [5.41, 5.74) is 0. The molecule has 2 unspecified atom stereocenters. The van der Waals surface area contributed by atoms with Crippen LogP contribution in [0.3, 0.4) is 0 Å². The summed E-state index contributed by atoms with van der Waals surface area (Å²) >= 11 is 0. The van der Waals surface area contributed by atoms with Crippen LogP contribution in [0.25, 0.3) is 0 Å². The van der Waals surface area contributed by atoms with Gasteiger partial charge in [0.25, 0.3) is 0 Å². The average molecular weight is 210 g/mol. The molecule has 2 fully saturated rings. The highest BCUT2D eigenvalue weighted by atomic mass is 15.2. The van der Waals surface area contributed by atoms with Gasteiger partial charge in [-0.3, -0.25) is 4.90 Å². The number of likely N-dealkylation sites (N-methyl/N-ethyl adjacent to an activating group) is 1. The normalized spacial score (nSPS) is 33.0. The second kappa shape index (κ2) is 5.31. The zero-order valence-corrected chi connectivity index (χ0v) is 10.3. The number of nitrogens with one attached hydrogen (secondary N) is 1. The summed E-state index contributed by atoms with van der Waals surface area (Å²) in [4.78, 5) is 2.69. The summed E-state index contributed by atoms with van der Waals surface area (Å²) in [5.74, 6) is 1.95. The summed E-state index contributed by atoms with van der Waals surface area (Å²) in [6.45, 7) is 9.76. The van der Waals surface area contributed by atoms with Gasteiger partial charge in [0.1, 0.15) is 0 Å². The molecular formula is C13H26N2. The Bertz CT molecular complexity index is 189. The number of rotatable bonds is 4. The van der Waals surface area contributed by atoms with Gasteiger partial charge < -0.3 is 5.32 Å². The lowest BCUT2D eigenvalue weighted by molar-refractivity contribution is 0.110. The Morgan fingerprint density at radius 1 is 1.27 bits per heavy atom. The minimum absolute atomic E-state index is 0.840. The molecule has 2 nitrogen and oxygen atoms in total. The van der Waals surface area contributed by atoms with E-state index in [1.165, 1.54) is 51.9 Å². The molecule has 1 aliphatic carbocycles. The SMILES string of the molecule is CCN(CC1CCCC(C)C1)C1CNC1. The Balaban J connectivity index is 1.77. The highest BCUT2D eigenvalue weighted by molar-refractivity contribution is 4.86. The molecule has 15 heavy (non-hydrogen) atoms. The van der Waals surface area contributed by atoms with Gasteiger partial charge in [-0.2, -0.15) is 0 Å². The highest BCUT2D eigenvalue weighted by Gasteiger charge is 2.27. The summed E-state index contributed by atoms with van der Waals surface area (Å²) in [7, 11) is 0. The van der Waals surface area contributed by atoms with Crippen molar-refractivity contribution in [1.29, 1.82) is 0 Å². The summed E-state index contributed by atoms with van der Waals surface area (Å²) in [5, 5.41) is 3.38. The number of hydrogen-bond acceptors (Lipinski definition) is 2. The van der Waals surface area contributed by atoms with Gasteiger partial charge in [-0.05, 0) is 31.2 Å². The molecule has 1 aliphatic heterocycles. The van der Waals surface area contributed by atoms with Gasteiger partial charge in [-0.25, -0.2) is 0 Å². The molecule has 2 aliphatic rings. The molecule has 0 aromatic rings. The molecule has 1 saturated heterocycles. The molecular weight excluding hydrogens is 184 g/mol. The van der Waals surface area contributed by atoms with Crippen molar-refractivity contribution in [3.05, 3.63) is 0 Å². The molecule has 88 valence electrons. The summed E-state index contributed by atoms with van der Waals surface area (Å²) in [6, 6.07) is 0.840. The van der Waals surface area contributed by atoms with E-state index in [0.29, 0.717) is 0 Å². The summed E-state index contributed by atoms with van der Waals surface area (Å²) < 4.78 is 0. The first kappa shape index (κ1) is 11.4. The van der Waals surface area contributed by atoms with Crippen LogP contribution in [0.5, 0.6) is 0 Å². The van der Waals surface area contributed by atoms with Crippen molar-refractivity contribution in [1.82, 2.24) is 10.2 Å². The molecule has 1 heterocycles. The van der Waals surface area contributed by atoms with Gasteiger partial charge in [-0.1, -0.05) is 26.7 Å². The van der Waals surface area contributed by atoms with Crippen LogP contribution in [-0.4, -0.2) is 37.1 Å². The molecule has 2 rings (SSSR count). The Hall–Kier alpha value is -0.0800. The third kappa shape index (κ3) is 2.94. The topological polar surface area (TPSA) is 15.3 Å². The average Bonchev–Trinajstić information content (AvgIpc) is 2.14. The van der Waals surface area contributed by atoms with Crippen LogP contribution in [-0.2, 0) is 0 Å². The Labute approximate surface area is 94.4 Å². The molecule has 2 atom stereocenters. The van der Waals surface area contributed by atoms with Gasteiger partial charge >= 0.3 is 0 Å². The van der Waals surface area contributed by atoms with E-state index >= 15 is 0 Å². The van der Waals surface area contributed by atoms with Crippen molar-refractivity contribution in [2.24, 2.45) is 11.8 Å². The molecule has 1 saturated carbocycles. The maximum atomic E-state index is 3.38. The van der Waals surface area contributed by atoms with Gasteiger partial charge in [0, 0.05) is 25.7 Å². The largest absolute Gasteiger partial charge is 0.314 e. The molecule has 0 amide bonds. The predicted molar refractivity (Wildman–Crippen MR) is 65.0 cm³/mol. The van der Waals surface area contributed by atoms with Crippen molar-refractivity contribution >= 4 is 0 Å². The van der Waals surface area contributed by atoms with E-state index < -0.39 is 0 Å². The van der Waals surface area contributed by atoms with Crippen LogP contribution >= 0.6 is 0 Å². The van der Waals surface area contributed by atoms with E-state index in [2.05, 4.69) is 24.1 Å². The fourth-order valence-electron chi connectivity index (χ4n) is 3.13. The first-order valence-corrected chi connectivity index (χ1v) is 6.74. The minimum Gasteiger partial charge on any atom is -0.314 e. The van der Waals surface area contributed by atoms with Crippen molar-refractivity contribution in [2.45, 2.75) is 45.6 Å². The first-order valence-electron chi connectivity index (χ1n) is 6.74. The van der Waals surface area contributed by atoms with E-state index in [1.54, 1.807) is 0 Å². The van der Waals surface area contributed by atoms with Crippen molar-refractivity contribution in [3.8, 4) is 0 Å². The van der Waals surface area contributed by atoms with E-state index in [-0.39, 0.29) is 0 Å². The Kier molecular flexibility index (Phi) is 4.04. The van der Waals surface area contributed by atoms with Crippen molar-refractivity contribution < 1.29 is 0 Å². The van der Waals surface area contributed by atoms with E-state index in [4.69, 9.17) is 0 Å². The number of nitrogens with zero attached hydrogens (tertiary/aromatic N) is 1. The molecule has 0 bridgehead atoms. The molecule has 0 aromatic heterocycles. The molecule has 0 radical (unpaired) electrons. The minimum atomic E-state index is 0.840. The zero-order valence-electron chi connectivity index (χ0n) is 10.3. The van der Waals surface area contributed by atoms with Crippen LogP contribution < -0.4 is 5.32 Å². The van der Waals surface area contributed by atoms with Crippen LogP contribution in [0.15, 0.2) is 0 Å². The van der Waals surface area contributed by atoms with Crippen LogP contribution in [0.4, 0.5) is 0 Å². The summed E-state index contributed by atoms with van der Waals surface area (Å²) in [6.07, 6.45) is 5.87. The van der Waals surface area contributed by atoms with Gasteiger partial charge in [-0.15, -0.1) is 0 Å². The van der Waals surface area contributed by atoms with Crippen molar-refractivity contribution in [3.63, 3.8) is 0 Å². The van der Waals surface area contributed by atoms with Crippen LogP contribution in [0.1, 0.15) is 39.5 Å². The van der Waals surface area contributed by atoms with Crippen molar-refractivity contribution in [2.75, 3.05) is 26.2 Å². The van der Waals surface area contributed by atoms with E-state index in [1.807, 2.05) is 0 Å². The standard InChI is InChI=1S/C13H26N2/c1-3-15(13-8-14-9-13)10-12-6-4-5-11(2)7-12/h11-14H,3-10H2,1-2H3. The molecule has 2 heteroatoms. The quantitative estimate of drug-likeness (QED) is 0.764. The zero-order chi connectivity index (χ0) is 10.7. The molecule has 0 aromatic carbocycles. The number of hydrogen-bond donors (Lipinski definition) is 1. The molecule has 0 spiro atoms. The van der Waals surface area contributed by atoms with Crippen LogP contribution in [0, 0.1) is 11.8 Å². The first-order chi connectivity index (χ1) is 7.29. The molecule has 1 N–H and O–H groups in total. The van der Waals surface area contributed by atoms with Gasteiger partial charge in [0.05, 0.1) is 0 Å². The van der Waals surface area contributed by atoms with Crippen LogP contribution in [0.2, 0.25) is 0 Å². The second-order valence-corrected chi connectivity index (χ2v) is 5.54. The second-order valence-electron chi connectivity index (χ2n) is 5.54.